The maximum Gasteiger partial charge on any atom is 0.302 e. The topological polar surface area (TPSA) is 91.5 Å². The summed E-state index contributed by atoms with van der Waals surface area (Å²) in [4.78, 5) is 29.0. The minimum Gasteiger partial charge on any atom is -0.486 e. The van der Waals surface area contributed by atoms with Gasteiger partial charge in [-0.15, -0.1) is 24.0 Å². The van der Waals surface area contributed by atoms with Gasteiger partial charge < -0.3 is 15.2 Å². The maximum atomic E-state index is 13.4. The number of carbonyl (C=O) groups is 2. The second-order valence-corrected chi connectivity index (χ2v) is 9.71. The molecule has 2 N–H and O–H groups in total. The van der Waals surface area contributed by atoms with Crippen LogP contribution in [-0.2, 0) is 16.1 Å². The number of alkyl halides is 1. The summed E-state index contributed by atoms with van der Waals surface area (Å²) in [6.45, 7) is 1.85. The van der Waals surface area contributed by atoms with E-state index in [0.29, 0.717) is 29.8 Å². The number of nitrogens with two attached hydrogens (primary N) is 1. The Morgan fingerprint density at radius 1 is 1.03 bits per heavy atom. The predicted octanol–water partition coefficient (Wildman–Crippen LogP) is 5.55. The van der Waals surface area contributed by atoms with E-state index in [1.807, 2.05) is 18.2 Å². The van der Waals surface area contributed by atoms with Gasteiger partial charge in [0.15, 0.2) is 5.78 Å². The number of esters is 1. The number of aromatic nitrogens is 1. The van der Waals surface area contributed by atoms with Gasteiger partial charge in [-0.25, -0.2) is 4.98 Å². The molecule has 2 aliphatic rings. The fourth-order valence-corrected chi connectivity index (χ4v) is 4.91. The second-order valence-electron chi connectivity index (χ2n) is 9.40. The highest BCUT2D eigenvalue weighted by atomic mass is 35.5. The van der Waals surface area contributed by atoms with E-state index in [0.717, 1.165) is 49.8 Å². The molecule has 1 unspecified atom stereocenters. The van der Waals surface area contributed by atoms with E-state index < -0.39 is 0 Å². The fourth-order valence-electron chi connectivity index (χ4n) is 4.76. The van der Waals surface area contributed by atoms with Crippen LogP contribution in [-0.4, -0.2) is 35.3 Å². The van der Waals surface area contributed by atoms with Crippen LogP contribution in [0.4, 0.5) is 0 Å². The van der Waals surface area contributed by atoms with Crippen molar-refractivity contribution in [2.75, 3.05) is 12.5 Å². The molecule has 190 valence electrons. The Bertz CT molecular complexity index is 1000. The lowest BCUT2D eigenvalue weighted by Gasteiger charge is -2.28. The number of benzene rings is 1. The zero-order valence-corrected chi connectivity index (χ0v) is 21.7. The molecule has 0 bridgehead atoms. The molecule has 0 spiro atoms. The Kier molecular flexibility index (Phi) is 9.96. The Morgan fingerprint density at radius 3 is 2.26 bits per heavy atom. The van der Waals surface area contributed by atoms with Crippen molar-refractivity contribution in [3.8, 4) is 5.75 Å². The van der Waals surface area contributed by atoms with E-state index in [1.165, 1.54) is 12.5 Å². The molecule has 1 atom stereocenters. The van der Waals surface area contributed by atoms with Crippen molar-refractivity contribution in [2.45, 2.75) is 69.9 Å². The lowest BCUT2D eigenvalue weighted by Crippen LogP contribution is -2.26. The molecule has 2 aliphatic carbocycles. The van der Waals surface area contributed by atoms with Gasteiger partial charge in [-0.05, 0) is 79.7 Å². The van der Waals surface area contributed by atoms with Crippen molar-refractivity contribution >= 4 is 35.8 Å². The average Bonchev–Trinajstić information content (AvgIpc) is 3.71. The van der Waals surface area contributed by atoms with Crippen LogP contribution in [0.15, 0.2) is 36.4 Å². The van der Waals surface area contributed by atoms with Gasteiger partial charge in [-0.3, -0.25) is 9.59 Å². The van der Waals surface area contributed by atoms with E-state index in [4.69, 9.17) is 26.8 Å². The van der Waals surface area contributed by atoms with Crippen LogP contribution >= 0.6 is 24.0 Å². The highest BCUT2D eigenvalue weighted by molar-refractivity contribution is 6.18. The molecule has 0 amide bonds. The molecule has 35 heavy (non-hydrogen) atoms. The number of nitrogens with zero attached hydrogens (tertiary/aromatic N) is 1. The van der Waals surface area contributed by atoms with Crippen molar-refractivity contribution in [3.63, 3.8) is 0 Å². The van der Waals surface area contributed by atoms with Gasteiger partial charge in [-0.2, -0.15) is 0 Å². The van der Waals surface area contributed by atoms with Gasteiger partial charge in [-0.1, -0.05) is 18.2 Å². The quantitative estimate of drug-likeness (QED) is 0.251. The molecule has 0 aliphatic heterocycles. The summed E-state index contributed by atoms with van der Waals surface area (Å²) in [5.74, 6) is 1.72. The molecule has 0 saturated heterocycles. The molecular weight excluding hydrogens is 487 g/mol. The van der Waals surface area contributed by atoms with E-state index in [1.54, 1.807) is 0 Å². The molecule has 6 nitrogen and oxygen atoms in total. The van der Waals surface area contributed by atoms with Gasteiger partial charge in [0, 0.05) is 19.4 Å². The predicted molar refractivity (Wildman–Crippen MR) is 139 cm³/mol. The van der Waals surface area contributed by atoms with Crippen LogP contribution in [0.2, 0.25) is 0 Å². The minimum absolute atomic E-state index is 0. The number of rotatable bonds is 10. The Hall–Kier alpha value is -2.15. The Labute approximate surface area is 218 Å². The normalized spacial score (nSPS) is 20.4. The van der Waals surface area contributed by atoms with Crippen LogP contribution in [0.5, 0.6) is 5.75 Å². The minimum atomic E-state index is -0.384. The standard InChI is InChI=1S/C27H33ClN2O4.ClH/c1-17(31)33-16-24(14-28)34-23-11-8-19(9-12-23)18-2-6-21(7-3-18)27(32)26-25(20-4-5-20)13-10-22(15-29)30-26;/h8-13,18,20-21,24H,2-7,14-16,29H2,1H3;1H. The van der Waals surface area contributed by atoms with E-state index in [2.05, 4.69) is 23.2 Å². The lowest BCUT2D eigenvalue weighted by atomic mass is 9.76. The first kappa shape index (κ1) is 27.4. The van der Waals surface area contributed by atoms with Crippen LogP contribution in [0.25, 0.3) is 0 Å². The third-order valence-corrected chi connectivity index (χ3v) is 7.18. The molecular formula is C27H34Cl2N2O4. The van der Waals surface area contributed by atoms with E-state index in [9.17, 15) is 9.59 Å². The first-order chi connectivity index (χ1) is 16.5. The van der Waals surface area contributed by atoms with Crippen molar-refractivity contribution in [1.82, 2.24) is 4.98 Å². The van der Waals surface area contributed by atoms with Gasteiger partial charge in [0.05, 0.1) is 11.6 Å². The molecule has 1 aromatic carbocycles. The van der Waals surface area contributed by atoms with Gasteiger partial charge in [0.1, 0.15) is 24.2 Å². The molecule has 4 rings (SSSR count). The first-order valence-corrected chi connectivity index (χ1v) is 12.7. The number of hydrogen-bond donors (Lipinski definition) is 1. The van der Waals surface area contributed by atoms with Crippen LogP contribution in [0.1, 0.15) is 84.6 Å². The zero-order chi connectivity index (χ0) is 24.1. The van der Waals surface area contributed by atoms with E-state index >= 15 is 0 Å². The molecule has 0 radical (unpaired) electrons. The fraction of sp³-hybridized carbons (Fsp3) is 0.519. The van der Waals surface area contributed by atoms with Gasteiger partial charge in [0.2, 0.25) is 0 Å². The summed E-state index contributed by atoms with van der Waals surface area (Å²) in [6, 6.07) is 12.1. The highest BCUT2D eigenvalue weighted by Crippen LogP contribution is 2.43. The molecule has 2 fully saturated rings. The van der Waals surface area contributed by atoms with E-state index in [-0.39, 0.29) is 48.7 Å². The molecule has 2 saturated carbocycles. The van der Waals surface area contributed by atoms with Crippen molar-refractivity contribution < 1.29 is 19.1 Å². The number of halogens is 2. The third kappa shape index (κ3) is 7.18. The van der Waals surface area contributed by atoms with Crippen molar-refractivity contribution in [3.05, 3.63) is 58.9 Å². The molecule has 8 heteroatoms. The molecule has 2 aromatic rings. The largest absolute Gasteiger partial charge is 0.486 e. The summed E-state index contributed by atoms with van der Waals surface area (Å²) < 4.78 is 10.8. The zero-order valence-electron chi connectivity index (χ0n) is 20.1. The maximum absolute atomic E-state index is 13.4. The van der Waals surface area contributed by atoms with Crippen LogP contribution < -0.4 is 10.5 Å². The van der Waals surface area contributed by atoms with Crippen LogP contribution in [0, 0.1) is 5.92 Å². The monoisotopic (exact) mass is 520 g/mol. The highest BCUT2D eigenvalue weighted by Gasteiger charge is 2.33. The third-order valence-electron chi connectivity index (χ3n) is 6.84. The number of Topliss-reactive ketones (excluding diaryl/α,β-unsaturated/α-hetero) is 1. The molecule has 1 aromatic heterocycles. The van der Waals surface area contributed by atoms with Crippen LogP contribution in [0.3, 0.4) is 0 Å². The Balaban J connectivity index is 0.00000342. The number of ketones is 1. The summed E-state index contributed by atoms with van der Waals surface area (Å²) in [5.41, 5.74) is 9.60. The summed E-state index contributed by atoms with van der Waals surface area (Å²) in [6.07, 6.45) is 5.60. The number of hydrogen-bond acceptors (Lipinski definition) is 6. The summed E-state index contributed by atoms with van der Waals surface area (Å²) in [7, 11) is 0. The number of pyridine rings is 1. The Morgan fingerprint density at radius 2 is 1.69 bits per heavy atom. The van der Waals surface area contributed by atoms with Crippen molar-refractivity contribution in [1.29, 1.82) is 0 Å². The van der Waals surface area contributed by atoms with Crippen molar-refractivity contribution in [2.24, 2.45) is 11.7 Å². The summed E-state index contributed by atoms with van der Waals surface area (Å²) >= 11 is 5.93. The van der Waals surface area contributed by atoms with Gasteiger partial charge >= 0.3 is 5.97 Å². The second kappa shape index (κ2) is 12.7. The molecule has 1 heterocycles. The number of ether oxygens (including phenoxy) is 2. The smallest absolute Gasteiger partial charge is 0.302 e. The summed E-state index contributed by atoms with van der Waals surface area (Å²) in [5, 5.41) is 0. The lowest BCUT2D eigenvalue weighted by molar-refractivity contribution is -0.143. The SMILES string of the molecule is CC(=O)OCC(CCl)Oc1ccc(C2CCC(C(=O)c3nc(CN)ccc3C3CC3)CC2)cc1.Cl. The average molecular weight is 521 g/mol. The first-order valence-electron chi connectivity index (χ1n) is 12.2. The van der Waals surface area contributed by atoms with Gasteiger partial charge in [0.25, 0.3) is 0 Å². The number of carbonyl (C=O) groups excluding carboxylic acids is 2.